The summed E-state index contributed by atoms with van der Waals surface area (Å²) in [6.07, 6.45) is 2.27. The van der Waals surface area contributed by atoms with Gasteiger partial charge in [-0.3, -0.25) is 0 Å². The lowest BCUT2D eigenvalue weighted by molar-refractivity contribution is -0.660. The molecule has 0 amide bonds. The van der Waals surface area contributed by atoms with E-state index in [1.807, 2.05) is 0 Å². The highest BCUT2D eigenvalue weighted by molar-refractivity contribution is 5.71. The van der Waals surface area contributed by atoms with Crippen molar-refractivity contribution in [3.63, 3.8) is 0 Å². The van der Waals surface area contributed by atoms with E-state index in [0.717, 1.165) is 0 Å². The smallest absolute Gasteiger partial charge is 0.200 e. The van der Waals surface area contributed by atoms with Gasteiger partial charge in [-0.1, -0.05) is 57.2 Å². The predicted molar refractivity (Wildman–Crippen MR) is 111 cm³/mol. The highest BCUT2D eigenvalue weighted by Gasteiger charge is 2.20. The van der Waals surface area contributed by atoms with Crippen LogP contribution in [0.5, 0.6) is 0 Å². The van der Waals surface area contributed by atoms with E-state index in [-0.39, 0.29) is 5.41 Å². The fourth-order valence-corrected chi connectivity index (χ4v) is 3.59. The third-order valence-corrected chi connectivity index (χ3v) is 5.28. The lowest BCUT2D eigenvalue weighted by Gasteiger charge is -2.20. The molecule has 1 heteroatoms. The maximum absolute atomic E-state index is 2.33. The number of rotatable bonds is 2. The normalized spacial score (nSPS) is 11.7. The van der Waals surface area contributed by atoms with Gasteiger partial charge in [-0.2, -0.15) is 0 Å². The van der Waals surface area contributed by atoms with E-state index in [1.54, 1.807) is 0 Å². The summed E-state index contributed by atoms with van der Waals surface area (Å²) in [7, 11) is 2.15. The second-order valence-electron chi connectivity index (χ2n) is 8.46. The van der Waals surface area contributed by atoms with Crippen molar-refractivity contribution in [2.45, 2.75) is 47.0 Å². The summed E-state index contributed by atoms with van der Waals surface area (Å²) in [5, 5.41) is 0. The average Bonchev–Trinajstić information content (AvgIpc) is 2.56. The van der Waals surface area contributed by atoms with Gasteiger partial charge in [-0.25, -0.2) is 4.57 Å². The van der Waals surface area contributed by atoms with Crippen LogP contribution in [0.1, 0.15) is 43.0 Å². The number of aromatic nitrogens is 1. The van der Waals surface area contributed by atoms with Crippen LogP contribution in [-0.4, -0.2) is 0 Å². The molecule has 0 unspecified atom stereocenters. The van der Waals surface area contributed by atoms with Crippen LogP contribution in [0.25, 0.3) is 22.4 Å². The Morgan fingerprint density at radius 3 is 1.96 bits per heavy atom. The van der Waals surface area contributed by atoms with Crippen LogP contribution in [0.15, 0.2) is 54.7 Å². The topological polar surface area (TPSA) is 3.88 Å². The predicted octanol–water partition coefficient (Wildman–Crippen LogP) is 6.07. The van der Waals surface area contributed by atoms with E-state index in [9.17, 15) is 0 Å². The monoisotopic (exact) mass is 344 g/mol. The van der Waals surface area contributed by atoms with Gasteiger partial charge < -0.3 is 0 Å². The molecular weight excluding hydrogens is 314 g/mol. The molecule has 0 aliphatic carbocycles. The van der Waals surface area contributed by atoms with Crippen molar-refractivity contribution in [1.82, 2.24) is 0 Å². The third-order valence-electron chi connectivity index (χ3n) is 5.28. The zero-order valence-electron chi connectivity index (χ0n) is 17.1. The van der Waals surface area contributed by atoms with Gasteiger partial charge in [0.1, 0.15) is 7.05 Å². The van der Waals surface area contributed by atoms with Crippen LogP contribution < -0.4 is 4.57 Å². The zero-order valence-corrected chi connectivity index (χ0v) is 17.1. The molecule has 26 heavy (non-hydrogen) atoms. The minimum atomic E-state index is 0.177. The Labute approximate surface area is 158 Å². The maximum atomic E-state index is 2.33. The van der Waals surface area contributed by atoms with E-state index in [2.05, 4.69) is 108 Å². The number of nitrogens with zero attached hydrogens (tertiary/aromatic N) is 1. The Kier molecular flexibility index (Phi) is 4.75. The standard InChI is InChI=1S/C25H30N/c1-17-10-8-9-11-21(17)23-16-26(7)24(15-19(23)3)22-13-12-20(14-18(22)2)25(4,5)6/h8-16H,1-7H3/q+1. The Morgan fingerprint density at radius 1 is 0.692 bits per heavy atom. The van der Waals surface area contributed by atoms with E-state index < -0.39 is 0 Å². The van der Waals surface area contributed by atoms with Gasteiger partial charge in [0, 0.05) is 17.2 Å². The molecule has 0 aliphatic rings. The molecule has 3 rings (SSSR count). The number of hydrogen-bond donors (Lipinski definition) is 0. The van der Waals surface area contributed by atoms with Gasteiger partial charge in [0.05, 0.1) is 0 Å². The molecule has 1 heterocycles. The summed E-state index contributed by atoms with van der Waals surface area (Å²) < 4.78 is 2.26. The van der Waals surface area contributed by atoms with Gasteiger partial charge in [0.25, 0.3) is 0 Å². The first kappa shape index (κ1) is 18.4. The second kappa shape index (κ2) is 6.72. The number of benzene rings is 2. The highest BCUT2D eigenvalue weighted by Crippen LogP contribution is 2.31. The summed E-state index contributed by atoms with van der Waals surface area (Å²) in [5.74, 6) is 0. The summed E-state index contributed by atoms with van der Waals surface area (Å²) in [5.41, 5.74) is 10.7. The average molecular weight is 345 g/mol. The Bertz CT molecular complexity index is 958. The maximum Gasteiger partial charge on any atom is 0.212 e. The first-order valence-electron chi connectivity index (χ1n) is 9.36. The molecule has 0 saturated carbocycles. The van der Waals surface area contributed by atoms with Crippen molar-refractivity contribution in [2.24, 2.45) is 7.05 Å². The van der Waals surface area contributed by atoms with Crippen molar-refractivity contribution in [2.75, 3.05) is 0 Å². The first-order valence-corrected chi connectivity index (χ1v) is 9.36. The van der Waals surface area contributed by atoms with Crippen molar-refractivity contribution in [3.05, 3.63) is 77.0 Å². The Balaban J connectivity index is 2.11. The first-order chi connectivity index (χ1) is 12.2. The van der Waals surface area contributed by atoms with Gasteiger partial charge in [-0.05, 0) is 60.1 Å². The molecule has 0 spiro atoms. The van der Waals surface area contributed by atoms with Crippen LogP contribution in [-0.2, 0) is 12.5 Å². The largest absolute Gasteiger partial charge is 0.212 e. The minimum absolute atomic E-state index is 0.177. The third kappa shape index (κ3) is 3.44. The zero-order chi connectivity index (χ0) is 19.1. The molecule has 2 aromatic carbocycles. The molecule has 0 saturated heterocycles. The van der Waals surface area contributed by atoms with E-state index in [4.69, 9.17) is 0 Å². The number of hydrogen-bond acceptors (Lipinski definition) is 0. The SMILES string of the molecule is Cc1ccccc1-c1c[n+](C)c(-c2ccc(C(C)(C)C)cc2C)cc1C. The molecule has 134 valence electrons. The second-order valence-corrected chi connectivity index (χ2v) is 8.46. The van der Waals surface area contributed by atoms with Crippen molar-refractivity contribution in [1.29, 1.82) is 0 Å². The van der Waals surface area contributed by atoms with Gasteiger partial charge in [-0.15, -0.1) is 0 Å². The minimum Gasteiger partial charge on any atom is -0.200 e. The van der Waals surface area contributed by atoms with Crippen LogP contribution in [0.2, 0.25) is 0 Å². The fourth-order valence-electron chi connectivity index (χ4n) is 3.59. The van der Waals surface area contributed by atoms with Crippen molar-refractivity contribution >= 4 is 0 Å². The highest BCUT2D eigenvalue weighted by atomic mass is 14.9. The molecule has 0 fully saturated rings. The molecule has 1 aromatic heterocycles. The quantitative estimate of drug-likeness (QED) is 0.497. The summed E-state index contributed by atoms with van der Waals surface area (Å²) in [6, 6.07) is 17.8. The lowest BCUT2D eigenvalue weighted by atomic mass is 9.85. The lowest BCUT2D eigenvalue weighted by Crippen LogP contribution is -2.31. The molecule has 0 radical (unpaired) electrons. The van der Waals surface area contributed by atoms with Gasteiger partial charge in [0.2, 0.25) is 5.69 Å². The molecular formula is C25H30N+. The van der Waals surface area contributed by atoms with E-state index in [1.165, 1.54) is 44.6 Å². The molecule has 0 aliphatic heterocycles. The van der Waals surface area contributed by atoms with E-state index in [0.29, 0.717) is 0 Å². The van der Waals surface area contributed by atoms with Crippen molar-refractivity contribution < 1.29 is 4.57 Å². The molecule has 0 bridgehead atoms. The molecule has 3 aromatic rings. The summed E-state index contributed by atoms with van der Waals surface area (Å²) in [6.45, 7) is 13.4. The van der Waals surface area contributed by atoms with E-state index >= 15 is 0 Å². The fraction of sp³-hybridized carbons (Fsp3) is 0.320. The molecule has 1 nitrogen and oxygen atoms in total. The molecule has 0 atom stereocenters. The summed E-state index contributed by atoms with van der Waals surface area (Å²) in [4.78, 5) is 0. The number of pyridine rings is 1. The van der Waals surface area contributed by atoms with Crippen LogP contribution in [0.3, 0.4) is 0 Å². The van der Waals surface area contributed by atoms with Crippen LogP contribution >= 0.6 is 0 Å². The van der Waals surface area contributed by atoms with Crippen molar-refractivity contribution in [3.8, 4) is 22.4 Å². The van der Waals surface area contributed by atoms with Gasteiger partial charge >= 0.3 is 0 Å². The van der Waals surface area contributed by atoms with Gasteiger partial charge in [0.15, 0.2) is 6.20 Å². The Hall–Kier alpha value is -2.41. The molecule has 0 N–H and O–H groups in total. The van der Waals surface area contributed by atoms with Crippen LogP contribution in [0, 0.1) is 20.8 Å². The Morgan fingerprint density at radius 2 is 1.35 bits per heavy atom. The number of aryl methyl sites for hydroxylation is 4. The summed E-state index contributed by atoms with van der Waals surface area (Å²) >= 11 is 0. The van der Waals surface area contributed by atoms with Crippen LogP contribution in [0.4, 0.5) is 0 Å².